The molecule has 1 fully saturated rings. The third kappa shape index (κ3) is 3.22. The number of nitrogens with two attached hydrogens (primary N) is 1. The molecule has 2 aromatic rings. The highest BCUT2D eigenvalue weighted by atomic mass is 79.9. The maximum absolute atomic E-state index is 9.01. The summed E-state index contributed by atoms with van der Waals surface area (Å²) < 4.78 is 0.989. The van der Waals surface area contributed by atoms with Crippen molar-refractivity contribution in [2.24, 2.45) is 10.9 Å². The van der Waals surface area contributed by atoms with Crippen LogP contribution in [0.2, 0.25) is 0 Å². The highest BCUT2D eigenvalue weighted by Crippen LogP contribution is 2.36. The first-order valence-electron chi connectivity index (χ1n) is 6.74. The van der Waals surface area contributed by atoms with Crippen molar-refractivity contribution >= 4 is 38.8 Å². The van der Waals surface area contributed by atoms with Crippen LogP contribution in [0, 0.1) is 0 Å². The lowest BCUT2D eigenvalue weighted by atomic mass is 10.1. The average molecular weight is 366 g/mol. The smallest absolute Gasteiger partial charge is 0.172 e. The third-order valence-corrected chi connectivity index (χ3v) is 4.80. The summed E-state index contributed by atoms with van der Waals surface area (Å²) in [6.45, 7) is 0.844. The van der Waals surface area contributed by atoms with Crippen molar-refractivity contribution in [3.63, 3.8) is 0 Å². The minimum atomic E-state index is 0.147. The number of hydrogen-bond acceptors (Lipinski definition) is 4. The lowest BCUT2D eigenvalue weighted by Crippen LogP contribution is -2.28. The third-order valence-electron chi connectivity index (χ3n) is 3.57. The lowest BCUT2D eigenvalue weighted by molar-refractivity contribution is 0.318. The fourth-order valence-electron chi connectivity index (χ4n) is 2.39. The van der Waals surface area contributed by atoms with Gasteiger partial charge in [0.2, 0.25) is 0 Å². The Hall–Kier alpha value is -1.53. The van der Waals surface area contributed by atoms with E-state index in [1.54, 1.807) is 11.3 Å². The van der Waals surface area contributed by atoms with Gasteiger partial charge in [-0.15, -0.1) is 0 Å². The number of halogens is 1. The zero-order chi connectivity index (χ0) is 14.8. The van der Waals surface area contributed by atoms with Crippen LogP contribution >= 0.6 is 27.3 Å². The summed E-state index contributed by atoms with van der Waals surface area (Å²) in [6, 6.07) is 8.51. The first-order valence-corrected chi connectivity index (χ1v) is 8.48. The molecule has 0 aliphatic heterocycles. The fraction of sp³-hybridized carbons (Fsp3) is 0.267. The summed E-state index contributed by atoms with van der Waals surface area (Å²) in [6.07, 6.45) is 2.37. The van der Waals surface area contributed by atoms with E-state index in [-0.39, 0.29) is 5.84 Å². The molecule has 0 amide bonds. The maximum Gasteiger partial charge on any atom is 0.172 e. The van der Waals surface area contributed by atoms with Crippen LogP contribution in [-0.2, 0) is 6.54 Å². The largest absolute Gasteiger partial charge is 0.409 e. The Morgan fingerprint density at radius 1 is 1.43 bits per heavy atom. The lowest BCUT2D eigenvalue weighted by Gasteiger charge is -2.27. The Bertz CT molecular complexity index is 653. The summed E-state index contributed by atoms with van der Waals surface area (Å²) in [5, 5.41) is 16.4. The summed E-state index contributed by atoms with van der Waals surface area (Å²) in [7, 11) is 0. The highest BCUT2D eigenvalue weighted by Gasteiger charge is 2.31. The van der Waals surface area contributed by atoms with E-state index >= 15 is 0 Å². The highest BCUT2D eigenvalue weighted by molar-refractivity contribution is 9.10. The molecule has 0 radical (unpaired) electrons. The molecule has 0 unspecified atom stereocenters. The van der Waals surface area contributed by atoms with Crippen LogP contribution in [0.4, 0.5) is 5.69 Å². The van der Waals surface area contributed by atoms with Crippen LogP contribution in [0.1, 0.15) is 24.0 Å². The van der Waals surface area contributed by atoms with Crippen molar-refractivity contribution in [3.05, 3.63) is 50.6 Å². The zero-order valence-electron chi connectivity index (χ0n) is 11.4. The number of anilines is 1. The van der Waals surface area contributed by atoms with E-state index in [1.807, 2.05) is 18.2 Å². The Morgan fingerprint density at radius 3 is 2.86 bits per heavy atom. The molecule has 1 saturated carbocycles. The van der Waals surface area contributed by atoms with Gasteiger partial charge in [-0.05, 0) is 53.4 Å². The minimum absolute atomic E-state index is 0.147. The van der Waals surface area contributed by atoms with Crippen LogP contribution < -0.4 is 10.6 Å². The molecule has 4 nitrogen and oxygen atoms in total. The van der Waals surface area contributed by atoms with Crippen molar-refractivity contribution in [1.29, 1.82) is 0 Å². The SMILES string of the molecule is N/C(=N/O)c1ccc(Br)cc1N(Cc1ccsc1)C1CC1. The van der Waals surface area contributed by atoms with E-state index in [0.29, 0.717) is 6.04 Å². The van der Waals surface area contributed by atoms with Crippen molar-refractivity contribution < 1.29 is 5.21 Å². The molecular weight excluding hydrogens is 350 g/mol. The Kier molecular flexibility index (Phi) is 4.17. The molecule has 3 N–H and O–H groups in total. The first-order chi connectivity index (χ1) is 10.2. The monoisotopic (exact) mass is 365 g/mol. The molecule has 0 saturated heterocycles. The van der Waals surface area contributed by atoms with Gasteiger partial charge < -0.3 is 15.8 Å². The van der Waals surface area contributed by atoms with Gasteiger partial charge in [0, 0.05) is 28.3 Å². The summed E-state index contributed by atoms with van der Waals surface area (Å²) in [5.74, 6) is 0.147. The standard InChI is InChI=1S/C15H16BrN3OS/c16-11-1-4-13(15(17)18-20)14(7-11)19(12-2-3-12)8-10-5-6-21-9-10/h1,4-7,9,12,20H,2-3,8H2,(H2,17,18). The molecule has 0 spiro atoms. The van der Waals surface area contributed by atoms with Crippen molar-refractivity contribution in [1.82, 2.24) is 0 Å². The normalized spacial score (nSPS) is 15.2. The summed E-state index contributed by atoms with van der Waals surface area (Å²) >= 11 is 5.22. The molecule has 1 heterocycles. The van der Waals surface area contributed by atoms with Gasteiger partial charge in [-0.2, -0.15) is 11.3 Å². The van der Waals surface area contributed by atoms with Crippen molar-refractivity contribution in [2.75, 3.05) is 4.90 Å². The maximum atomic E-state index is 9.01. The van der Waals surface area contributed by atoms with E-state index in [0.717, 1.165) is 22.3 Å². The number of thiophene rings is 1. The topological polar surface area (TPSA) is 61.9 Å². The predicted octanol–water partition coefficient (Wildman–Crippen LogP) is 3.77. The molecule has 3 rings (SSSR count). The van der Waals surface area contributed by atoms with Crippen LogP contribution in [-0.4, -0.2) is 17.1 Å². The van der Waals surface area contributed by atoms with E-state index in [1.165, 1.54) is 18.4 Å². The summed E-state index contributed by atoms with van der Waals surface area (Å²) in [4.78, 5) is 2.35. The molecule has 0 atom stereocenters. The van der Waals surface area contributed by atoms with Gasteiger partial charge in [-0.25, -0.2) is 0 Å². The number of rotatable bonds is 5. The Balaban J connectivity index is 2.00. The average Bonchev–Trinajstić information content (AvgIpc) is 3.20. The molecule has 1 aromatic carbocycles. The van der Waals surface area contributed by atoms with Crippen LogP contribution in [0.15, 0.2) is 44.7 Å². The van der Waals surface area contributed by atoms with Gasteiger partial charge in [0.15, 0.2) is 5.84 Å². The van der Waals surface area contributed by atoms with Crippen LogP contribution in [0.25, 0.3) is 0 Å². The first kappa shape index (κ1) is 14.4. The number of oxime groups is 1. The van der Waals surface area contributed by atoms with Crippen LogP contribution in [0.5, 0.6) is 0 Å². The molecule has 0 bridgehead atoms. The number of nitrogens with zero attached hydrogens (tertiary/aromatic N) is 2. The van der Waals surface area contributed by atoms with Gasteiger partial charge in [0.1, 0.15) is 0 Å². The molecular formula is C15H16BrN3OS. The number of hydrogen-bond donors (Lipinski definition) is 2. The Morgan fingerprint density at radius 2 is 2.24 bits per heavy atom. The van der Waals surface area contributed by atoms with E-state index in [2.05, 4.69) is 42.8 Å². The molecule has 1 aromatic heterocycles. The molecule has 110 valence electrons. The fourth-order valence-corrected chi connectivity index (χ4v) is 3.40. The van der Waals surface area contributed by atoms with Gasteiger partial charge in [0.25, 0.3) is 0 Å². The van der Waals surface area contributed by atoms with E-state index in [4.69, 9.17) is 10.9 Å². The Labute approximate surface area is 136 Å². The zero-order valence-corrected chi connectivity index (χ0v) is 13.8. The van der Waals surface area contributed by atoms with Gasteiger partial charge in [-0.3, -0.25) is 0 Å². The van der Waals surface area contributed by atoms with E-state index in [9.17, 15) is 0 Å². The molecule has 1 aliphatic carbocycles. The predicted molar refractivity (Wildman–Crippen MR) is 90.2 cm³/mol. The number of amidine groups is 1. The molecule has 21 heavy (non-hydrogen) atoms. The van der Waals surface area contributed by atoms with Gasteiger partial charge >= 0.3 is 0 Å². The van der Waals surface area contributed by atoms with Gasteiger partial charge in [-0.1, -0.05) is 21.1 Å². The second-order valence-electron chi connectivity index (χ2n) is 5.14. The number of benzene rings is 1. The van der Waals surface area contributed by atoms with Crippen molar-refractivity contribution in [3.8, 4) is 0 Å². The van der Waals surface area contributed by atoms with Crippen molar-refractivity contribution in [2.45, 2.75) is 25.4 Å². The second kappa shape index (κ2) is 6.07. The molecule has 6 heteroatoms. The van der Waals surface area contributed by atoms with Crippen LogP contribution in [0.3, 0.4) is 0 Å². The van der Waals surface area contributed by atoms with E-state index < -0.39 is 0 Å². The second-order valence-corrected chi connectivity index (χ2v) is 6.83. The summed E-state index contributed by atoms with van der Waals surface area (Å²) in [5.41, 5.74) is 8.90. The quantitative estimate of drug-likeness (QED) is 0.366. The van der Waals surface area contributed by atoms with Gasteiger partial charge in [0.05, 0.1) is 0 Å². The minimum Gasteiger partial charge on any atom is -0.409 e. The molecule has 1 aliphatic rings.